The van der Waals surface area contributed by atoms with Gasteiger partial charge in [0, 0.05) is 0 Å². The fourth-order valence-electron chi connectivity index (χ4n) is 2.79. The molecule has 0 bridgehead atoms. The van der Waals surface area contributed by atoms with Crippen molar-refractivity contribution in [3.63, 3.8) is 0 Å². The first-order valence-electron chi connectivity index (χ1n) is 6.36. The molecule has 0 unspecified atom stereocenters. The van der Waals surface area contributed by atoms with Crippen LogP contribution in [0, 0.1) is 11.8 Å². The maximum Gasteiger partial charge on any atom is 0.0861 e. The molecule has 1 heteroatoms. The first kappa shape index (κ1) is 12.8. The lowest BCUT2D eigenvalue weighted by molar-refractivity contribution is 0.0334. The van der Waals surface area contributed by atoms with Crippen molar-refractivity contribution in [2.24, 2.45) is 11.8 Å². The van der Waals surface area contributed by atoms with Gasteiger partial charge in [-0.05, 0) is 49.5 Å². The van der Waals surface area contributed by atoms with Gasteiger partial charge in [-0.1, -0.05) is 33.8 Å². The highest BCUT2D eigenvalue weighted by atomic mass is 16.3. The van der Waals surface area contributed by atoms with Crippen molar-refractivity contribution >= 4 is 0 Å². The Hall–Kier alpha value is -0.300. The average Bonchev–Trinajstić information content (AvgIpc) is 2.51. The molecule has 0 amide bonds. The third-order valence-electron chi connectivity index (χ3n) is 3.13. The van der Waals surface area contributed by atoms with Gasteiger partial charge in [-0.15, -0.1) is 0 Å². The average molecular weight is 210 g/mol. The molecule has 0 heterocycles. The summed E-state index contributed by atoms with van der Waals surface area (Å²) in [5, 5.41) is 10.8. The zero-order valence-electron chi connectivity index (χ0n) is 10.7. The van der Waals surface area contributed by atoms with Crippen LogP contribution in [0.2, 0.25) is 0 Å². The SMILES string of the molecule is CC(C)CC(O)(CC(C)C)C1=CCCC1. The van der Waals surface area contributed by atoms with Crippen molar-refractivity contribution in [2.75, 3.05) is 0 Å². The van der Waals surface area contributed by atoms with Crippen LogP contribution >= 0.6 is 0 Å². The highest BCUT2D eigenvalue weighted by Crippen LogP contribution is 2.37. The highest BCUT2D eigenvalue weighted by molar-refractivity contribution is 5.20. The summed E-state index contributed by atoms with van der Waals surface area (Å²) in [6.45, 7) is 8.78. The molecule has 0 radical (unpaired) electrons. The minimum Gasteiger partial charge on any atom is -0.385 e. The second kappa shape index (κ2) is 5.16. The van der Waals surface area contributed by atoms with Gasteiger partial charge in [-0.25, -0.2) is 0 Å². The fourth-order valence-corrected chi connectivity index (χ4v) is 2.79. The summed E-state index contributed by atoms with van der Waals surface area (Å²) in [6.07, 6.45) is 7.59. The van der Waals surface area contributed by atoms with E-state index in [0.29, 0.717) is 11.8 Å². The van der Waals surface area contributed by atoms with Gasteiger partial charge in [0.15, 0.2) is 0 Å². The van der Waals surface area contributed by atoms with E-state index in [9.17, 15) is 5.11 Å². The highest BCUT2D eigenvalue weighted by Gasteiger charge is 2.33. The van der Waals surface area contributed by atoms with Crippen molar-refractivity contribution in [2.45, 2.75) is 65.4 Å². The number of rotatable bonds is 5. The molecule has 88 valence electrons. The van der Waals surface area contributed by atoms with Crippen molar-refractivity contribution in [3.8, 4) is 0 Å². The number of hydrogen-bond acceptors (Lipinski definition) is 1. The first-order valence-corrected chi connectivity index (χ1v) is 6.36. The van der Waals surface area contributed by atoms with Gasteiger partial charge in [0.05, 0.1) is 5.60 Å². The van der Waals surface area contributed by atoms with E-state index >= 15 is 0 Å². The summed E-state index contributed by atoms with van der Waals surface area (Å²) in [5.74, 6) is 1.13. The third-order valence-corrected chi connectivity index (χ3v) is 3.13. The van der Waals surface area contributed by atoms with Crippen LogP contribution in [0.3, 0.4) is 0 Å². The lowest BCUT2D eigenvalue weighted by Crippen LogP contribution is -2.34. The van der Waals surface area contributed by atoms with Crippen molar-refractivity contribution in [1.29, 1.82) is 0 Å². The standard InChI is InChI=1S/C14H26O/c1-11(2)9-14(15,10-12(3)4)13-7-5-6-8-13/h7,11-12,15H,5-6,8-10H2,1-4H3. The van der Waals surface area contributed by atoms with E-state index < -0.39 is 5.60 Å². The second-order valence-electron chi connectivity index (χ2n) is 5.85. The van der Waals surface area contributed by atoms with Crippen LogP contribution in [-0.2, 0) is 0 Å². The molecule has 0 aliphatic heterocycles. The molecule has 1 aliphatic rings. The maximum absolute atomic E-state index is 10.8. The summed E-state index contributed by atoms with van der Waals surface area (Å²) in [6, 6.07) is 0. The van der Waals surface area contributed by atoms with E-state index in [2.05, 4.69) is 33.8 Å². The van der Waals surface area contributed by atoms with E-state index in [-0.39, 0.29) is 0 Å². The van der Waals surface area contributed by atoms with Gasteiger partial charge in [0.2, 0.25) is 0 Å². The Morgan fingerprint density at radius 1 is 1.20 bits per heavy atom. The van der Waals surface area contributed by atoms with Crippen molar-refractivity contribution < 1.29 is 5.11 Å². The Labute approximate surface area is 94.6 Å². The van der Waals surface area contributed by atoms with Crippen LogP contribution in [0.1, 0.15) is 59.8 Å². The summed E-state index contributed by atoms with van der Waals surface area (Å²) < 4.78 is 0. The van der Waals surface area contributed by atoms with Crippen molar-refractivity contribution in [1.82, 2.24) is 0 Å². The van der Waals surface area contributed by atoms with Crippen LogP contribution in [-0.4, -0.2) is 10.7 Å². The van der Waals surface area contributed by atoms with Crippen LogP contribution in [0.5, 0.6) is 0 Å². The molecule has 0 aromatic carbocycles. The zero-order chi connectivity index (χ0) is 11.5. The van der Waals surface area contributed by atoms with Crippen LogP contribution < -0.4 is 0 Å². The lowest BCUT2D eigenvalue weighted by atomic mass is 9.79. The largest absolute Gasteiger partial charge is 0.385 e. The molecule has 0 fully saturated rings. The fraction of sp³-hybridized carbons (Fsp3) is 0.857. The molecule has 1 N–H and O–H groups in total. The van der Waals surface area contributed by atoms with E-state index in [4.69, 9.17) is 0 Å². The van der Waals surface area contributed by atoms with Crippen LogP contribution in [0.25, 0.3) is 0 Å². The summed E-state index contributed by atoms with van der Waals surface area (Å²) >= 11 is 0. The molecule has 15 heavy (non-hydrogen) atoms. The second-order valence-corrected chi connectivity index (χ2v) is 5.85. The van der Waals surface area contributed by atoms with E-state index in [1.165, 1.54) is 12.0 Å². The predicted molar refractivity (Wildman–Crippen MR) is 65.8 cm³/mol. The van der Waals surface area contributed by atoms with Gasteiger partial charge in [0.25, 0.3) is 0 Å². The molecule has 1 rings (SSSR count). The molecular weight excluding hydrogens is 184 g/mol. The normalized spacial score (nSPS) is 17.7. The Morgan fingerprint density at radius 3 is 2.07 bits per heavy atom. The number of aliphatic hydroxyl groups is 1. The minimum atomic E-state index is -0.515. The Kier molecular flexibility index (Phi) is 4.39. The van der Waals surface area contributed by atoms with Gasteiger partial charge < -0.3 is 5.11 Å². The maximum atomic E-state index is 10.8. The smallest absolute Gasteiger partial charge is 0.0861 e. The summed E-state index contributed by atoms with van der Waals surface area (Å²) in [4.78, 5) is 0. The zero-order valence-corrected chi connectivity index (χ0v) is 10.7. The Bertz CT molecular complexity index is 215. The van der Waals surface area contributed by atoms with E-state index in [1.54, 1.807) is 0 Å². The Balaban J connectivity index is 2.74. The molecule has 0 aromatic rings. The van der Waals surface area contributed by atoms with E-state index in [0.717, 1.165) is 25.7 Å². The first-order chi connectivity index (χ1) is 6.94. The number of hydrogen-bond donors (Lipinski definition) is 1. The molecular formula is C14H26O. The van der Waals surface area contributed by atoms with Crippen LogP contribution in [0.15, 0.2) is 11.6 Å². The summed E-state index contributed by atoms with van der Waals surface area (Å²) in [7, 11) is 0. The van der Waals surface area contributed by atoms with Gasteiger partial charge in [-0.2, -0.15) is 0 Å². The van der Waals surface area contributed by atoms with Gasteiger partial charge in [0.1, 0.15) is 0 Å². The Morgan fingerprint density at radius 2 is 1.73 bits per heavy atom. The molecule has 0 aromatic heterocycles. The molecule has 0 spiro atoms. The molecule has 0 saturated carbocycles. The van der Waals surface area contributed by atoms with Gasteiger partial charge >= 0.3 is 0 Å². The third kappa shape index (κ3) is 3.64. The minimum absolute atomic E-state index is 0.515. The summed E-state index contributed by atoms with van der Waals surface area (Å²) in [5.41, 5.74) is 0.795. The molecule has 1 aliphatic carbocycles. The lowest BCUT2D eigenvalue weighted by Gasteiger charge is -2.33. The quantitative estimate of drug-likeness (QED) is 0.682. The molecule has 1 nitrogen and oxygen atoms in total. The predicted octanol–water partition coefficient (Wildman–Crippen LogP) is 3.92. The topological polar surface area (TPSA) is 20.2 Å². The van der Waals surface area contributed by atoms with Crippen molar-refractivity contribution in [3.05, 3.63) is 11.6 Å². The van der Waals surface area contributed by atoms with Gasteiger partial charge in [-0.3, -0.25) is 0 Å². The molecule has 0 saturated heterocycles. The monoisotopic (exact) mass is 210 g/mol. The van der Waals surface area contributed by atoms with Crippen LogP contribution in [0.4, 0.5) is 0 Å². The molecule has 0 atom stereocenters. The number of allylic oxidation sites excluding steroid dienone is 1. The van der Waals surface area contributed by atoms with E-state index in [1.807, 2.05) is 0 Å².